The Hall–Kier alpha value is -4.41. The summed E-state index contributed by atoms with van der Waals surface area (Å²) in [5.74, 6) is -0.430. The molecule has 34 heavy (non-hydrogen) atoms. The highest BCUT2D eigenvalue weighted by atomic mass is 19.4. The number of rotatable bonds is 4. The van der Waals surface area contributed by atoms with Crippen LogP contribution >= 0.6 is 0 Å². The third-order valence-electron chi connectivity index (χ3n) is 5.18. The second-order valence-electron chi connectivity index (χ2n) is 7.63. The Labute approximate surface area is 189 Å². The Balaban J connectivity index is 1.43. The van der Waals surface area contributed by atoms with Crippen LogP contribution in [-0.4, -0.2) is 25.2 Å². The summed E-state index contributed by atoms with van der Waals surface area (Å²) in [4.78, 5) is 29.8. The zero-order valence-corrected chi connectivity index (χ0v) is 17.6. The van der Waals surface area contributed by atoms with E-state index in [0.717, 1.165) is 16.7 Å². The van der Waals surface area contributed by atoms with Crippen molar-refractivity contribution in [3.63, 3.8) is 0 Å². The number of aromatic nitrogens is 4. The maximum atomic E-state index is 13.1. The monoisotopic (exact) mass is 467 g/mol. The van der Waals surface area contributed by atoms with Gasteiger partial charge in [0, 0.05) is 11.5 Å². The van der Waals surface area contributed by atoms with Gasteiger partial charge in [-0.25, -0.2) is 9.67 Å². The Kier molecular flexibility index (Phi) is 4.96. The first-order valence-corrected chi connectivity index (χ1v) is 10.1. The van der Waals surface area contributed by atoms with E-state index in [1.807, 2.05) is 0 Å². The smallest absolute Gasteiger partial charge is 0.416 e. The lowest BCUT2D eigenvalue weighted by molar-refractivity contribution is -0.137. The molecule has 0 saturated carbocycles. The van der Waals surface area contributed by atoms with Crippen molar-refractivity contribution >= 4 is 33.8 Å². The summed E-state index contributed by atoms with van der Waals surface area (Å²) < 4.78 is 47.2. The third kappa shape index (κ3) is 3.81. The molecular weight excluding hydrogens is 451 g/mol. The van der Waals surface area contributed by atoms with Crippen LogP contribution in [0.1, 0.15) is 11.3 Å². The molecule has 172 valence electrons. The van der Waals surface area contributed by atoms with E-state index >= 15 is 0 Å². The van der Waals surface area contributed by atoms with Crippen molar-refractivity contribution in [2.45, 2.75) is 19.6 Å². The first-order chi connectivity index (χ1) is 16.2. The predicted molar refractivity (Wildman–Crippen MR) is 118 cm³/mol. The lowest BCUT2D eigenvalue weighted by Gasteiger charge is -2.12. The molecular formula is C23H16F3N5O3. The number of nitrogens with one attached hydrogen (secondary N) is 1. The van der Waals surface area contributed by atoms with Gasteiger partial charge in [0.1, 0.15) is 23.5 Å². The lowest BCUT2D eigenvalue weighted by atomic mass is 10.2. The summed E-state index contributed by atoms with van der Waals surface area (Å²) >= 11 is 0. The fourth-order valence-corrected chi connectivity index (χ4v) is 3.66. The number of alkyl halides is 3. The normalized spacial score (nSPS) is 11.9. The molecule has 5 aromatic rings. The molecule has 3 aromatic heterocycles. The van der Waals surface area contributed by atoms with Crippen LogP contribution in [0.25, 0.3) is 27.8 Å². The molecule has 0 radical (unpaired) electrons. The molecule has 0 fully saturated rings. The van der Waals surface area contributed by atoms with E-state index in [1.165, 1.54) is 29.2 Å². The molecule has 0 saturated heterocycles. The van der Waals surface area contributed by atoms with Crippen molar-refractivity contribution in [3.8, 4) is 5.69 Å². The average molecular weight is 467 g/mol. The van der Waals surface area contributed by atoms with E-state index in [2.05, 4.69) is 15.4 Å². The van der Waals surface area contributed by atoms with Crippen LogP contribution in [0.5, 0.6) is 0 Å². The fourth-order valence-electron chi connectivity index (χ4n) is 3.66. The van der Waals surface area contributed by atoms with Gasteiger partial charge in [-0.05, 0) is 37.3 Å². The van der Waals surface area contributed by atoms with Crippen LogP contribution in [0.15, 0.2) is 70.1 Å². The summed E-state index contributed by atoms with van der Waals surface area (Å²) in [6, 6.07) is 13.2. The third-order valence-corrected chi connectivity index (χ3v) is 5.18. The zero-order chi connectivity index (χ0) is 24.0. The summed E-state index contributed by atoms with van der Waals surface area (Å²) in [6.45, 7) is 1.26. The highest BCUT2D eigenvalue weighted by Crippen LogP contribution is 2.31. The van der Waals surface area contributed by atoms with Gasteiger partial charge in [0.15, 0.2) is 0 Å². The van der Waals surface area contributed by atoms with Gasteiger partial charge in [-0.1, -0.05) is 18.2 Å². The molecule has 0 atom stereocenters. The minimum absolute atomic E-state index is 0.0290. The van der Waals surface area contributed by atoms with Gasteiger partial charge in [0.05, 0.1) is 23.3 Å². The molecule has 0 spiro atoms. The average Bonchev–Trinajstić information content (AvgIpc) is 3.36. The Morgan fingerprint density at radius 1 is 1.12 bits per heavy atom. The maximum absolute atomic E-state index is 13.1. The summed E-state index contributed by atoms with van der Waals surface area (Å²) in [7, 11) is 0. The van der Waals surface area contributed by atoms with Crippen molar-refractivity contribution in [1.82, 2.24) is 19.3 Å². The van der Waals surface area contributed by atoms with Gasteiger partial charge in [-0.2, -0.15) is 18.3 Å². The number of hydrogen-bond acceptors (Lipinski definition) is 5. The number of furan rings is 1. The number of halogens is 3. The van der Waals surface area contributed by atoms with Crippen molar-refractivity contribution in [2.75, 3.05) is 5.32 Å². The standard InChI is InChI=1S/C23H16F3N5O3/c1-13-9-18(31(29-13)15-6-4-5-14(10-15)23(24,25)26)28-19(32)11-30-12-27-20-16-7-2-3-8-17(16)34-21(20)22(30)33/h2-10,12H,11H2,1H3,(H,28,32). The van der Waals surface area contributed by atoms with Gasteiger partial charge in [0.2, 0.25) is 11.5 Å². The number of carbonyl (C=O) groups excluding carboxylic acids is 1. The van der Waals surface area contributed by atoms with E-state index in [9.17, 15) is 22.8 Å². The number of nitrogens with zero attached hydrogens (tertiary/aromatic N) is 4. The van der Waals surface area contributed by atoms with Crippen LogP contribution < -0.4 is 10.9 Å². The van der Waals surface area contributed by atoms with E-state index in [1.54, 1.807) is 31.2 Å². The molecule has 0 aliphatic rings. The molecule has 2 aromatic carbocycles. The molecule has 3 heterocycles. The highest BCUT2D eigenvalue weighted by molar-refractivity contribution is 6.01. The first kappa shape index (κ1) is 21.4. The number of anilines is 1. The number of amides is 1. The van der Waals surface area contributed by atoms with Crippen molar-refractivity contribution in [2.24, 2.45) is 0 Å². The molecule has 11 heteroatoms. The molecule has 0 aliphatic heterocycles. The van der Waals surface area contributed by atoms with Gasteiger partial charge in [-0.15, -0.1) is 0 Å². The molecule has 5 rings (SSSR count). The topological polar surface area (TPSA) is 95.0 Å². The van der Waals surface area contributed by atoms with E-state index in [0.29, 0.717) is 22.2 Å². The molecule has 1 N–H and O–H groups in total. The quantitative estimate of drug-likeness (QED) is 0.426. The SMILES string of the molecule is Cc1cc(NC(=O)Cn2cnc3c(oc4ccccc43)c2=O)n(-c2cccc(C(F)(F)F)c2)n1. The highest BCUT2D eigenvalue weighted by Gasteiger charge is 2.30. The number of aryl methyl sites for hydroxylation is 1. The van der Waals surface area contributed by atoms with E-state index < -0.39 is 23.2 Å². The van der Waals surface area contributed by atoms with Gasteiger partial charge in [-0.3, -0.25) is 14.2 Å². The number of hydrogen-bond donors (Lipinski definition) is 1. The maximum Gasteiger partial charge on any atom is 0.416 e. The predicted octanol–water partition coefficient (Wildman–Crippen LogP) is 4.29. The van der Waals surface area contributed by atoms with Crippen molar-refractivity contribution < 1.29 is 22.4 Å². The summed E-state index contributed by atoms with van der Waals surface area (Å²) in [5.41, 5.74) is 0.170. The van der Waals surface area contributed by atoms with Crippen molar-refractivity contribution in [1.29, 1.82) is 0 Å². The lowest BCUT2D eigenvalue weighted by Crippen LogP contribution is -2.28. The molecule has 8 nitrogen and oxygen atoms in total. The molecule has 1 amide bonds. The summed E-state index contributed by atoms with van der Waals surface area (Å²) in [6.07, 6.45) is -3.27. The first-order valence-electron chi connectivity index (χ1n) is 10.1. The molecule has 0 unspecified atom stereocenters. The van der Waals surface area contributed by atoms with Crippen LogP contribution in [0, 0.1) is 6.92 Å². The van der Waals surface area contributed by atoms with Gasteiger partial charge >= 0.3 is 6.18 Å². The molecule has 0 aliphatic carbocycles. The van der Waals surface area contributed by atoms with Gasteiger partial charge in [0.25, 0.3) is 5.56 Å². The van der Waals surface area contributed by atoms with Crippen LogP contribution in [-0.2, 0) is 17.5 Å². The Morgan fingerprint density at radius 2 is 1.91 bits per heavy atom. The zero-order valence-electron chi connectivity index (χ0n) is 17.6. The van der Waals surface area contributed by atoms with Crippen LogP contribution in [0.2, 0.25) is 0 Å². The Morgan fingerprint density at radius 3 is 2.71 bits per heavy atom. The largest absolute Gasteiger partial charge is 0.448 e. The van der Waals surface area contributed by atoms with Crippen molar-refractivity contribution in [3.05, 3.63) is 82.5 Å². The van der Waals surface area contributed by atoms with Gasteiger partial charge < -0.3 is 9.73 Å². The number of carbonyl (C=O) groups is 1. The number of fused-ring (bicyclic) bond motifs is 3. The number of para-hydroxylation sites is 1. The van der Waals surface area contributed by atoms with Crippen LogP contribution in [0.4, 0.5) is 19.0 Å². The second kappa shape index (κ2) is 7.87. The fraction of sp³-hybridized carbons (Fsp3) is 0.130. The van der Waals surface area contributed by atoms with E-state index in [-0.39, 0.29) is 23.6 Å². The minimum Gasteiger partial charge on any atom is -0.448 e. The minimum atomic E-state index is -4.52. The van der Waals surface area contributed by atoms with Crippen LogP contribution in [0.3, 0.4) is 0 Å². The summed E-state index contributed by atoms with van der Waals surface area (Å²) in [5, 5.41) is 7.47. The Bertz CT molecular complexity index is 1610. The number of benzene rings is 2. The van der Waals surface area contributed by atoms with E-state index in [4.69, 9.17) is 4.42 Å². The second-order valence-corrected chi connectivity index (χ2v) is 7.63. The molecule has 0 bridgehead atoms.